The number of benzene rings is 1. The van der Waals surface area contributed by atoms with Crippen molar-refractivity contribution in [2.45, 2.75) is 0 Å². The lowest BCUT2D eigenvalue weighted by molar-refractivity contribution is 0.112. The zero-order valence-corrected chi connectivity index (χ0v) is 7.01. The van der Waals surface area contributed by atoms with Crippen LogP contribution >= 0.6 is 11.6 Å². The number of hydrogen-bond donors (Lipinski definition) is 0. The van der Waals surface area contributed by atoms with Gasteiger partial charge >= 0.3 is 0 Å². The molecule has 0 aromatic heterocycles. The Morgan fingerprint density at radius 1 is 1.54 bits per heavy atom. The Bertz CT molecular complexity index is 399. The molecule has 66 valence electrons. The lowest BCUT2D eigenvalue weighted by atomic mass is 10.2. The van der Waals surface area contributed by atoms with Crippen LogP contribution in [0.1, 0.15) is 10.4 Å². The van der Waals surface area contributed by atoms with E-state index in [1.54, 1.807) is 0 Å². The van der Waals surface area contributed by atoms with Gasteiger partial charge in [0.05, 0.1) is 5.02 Å². The van der Waals surface area contributed by atoms with E-state index in [-0.39, 0.29) is 16.3 Å². The predicted molar refractivity (Wildman–Crippen MR) is 44.6 cm³/mol. The number of aliphatic imine (C=N–C) groups is 1. The number of isocyanates is 1. The second-order valence-corrected chi connectivity index (χ2v) is 2.50. The number of carbonyl (C=O) groups excluding carboxylic acids is 2. The lowest BCUT2D eigenvalue weighted by Gasteiger charge is -1.99. The summed E-state index contributed by atoms with van der Waals surface area (Å²) in [4.78, 5) is 23.2. The van der Waals surface area contributed by atoms with E-state index in [0.717, 1.165) is 0 Å². The second kappa shape index (κ2) is 3.94. The Morgan fingerprint density at radius 3 is 2.77 bits per heavy atom. The smallest absolute Gasteiger partial charge is 0.240 e. The quantitative estimate of drug-likeness (QED) is 0.417. The molecule has 0 radical (unpaired) electrons. The van der Waals surface area contributed by atoms with E-state index in [1.165, 1.54) is 18.2 Å². The topological polar surface area (TPSA) is 46.5 Å². The fourth-order valence-electron chi connectivity index (χ4n) is 0.781. The molecule has 0 saturated carbocycles. The molecule has 0 atom stereocenters. The molecule has 1 rings (SSSR count). The van der Waals surface area contributed by atoms with Crippen molar-refractivity contribution in [3.63, 3.8) is 0 Å². The van der Waals surface area contributed by atoms with E-state index in [0.29, 0.717) is 6.29 Å². The maximum absolute atomic E-state index is 13.1. The molecule has 0 unspecified atom stereocenters. The second-order valence-electron chi connectivity index (χ2n) is 2.12. The third-order valence-electron chi connectivity index (χ3n) is 1.38. The van der Waals surface area contributed by atoms with Gasteiger partial charge in [0.15, 0.2) is 12.1 Å². The molecule has 0 aliphatic carbocycles. The highest BCUT2D eigenvalue weighted by Gasteiger charge is 2.10. The number of rotatable bonds is 2. The van der Waals surface area contributed by atoms with Gasteiger partial charge in [0.2, 0.25) is 6.08 Å². The van der Waals surface area contributed by atoms with Crippen molar-refractivity contribution in [1.82, 2.24) is 0 Å². The molecule has 0 fully saturated rings. The fourth-order valence-corrected chi connectivity index (χ4v) is 0.985. The molecule has 3 nitrogen and oxygen atoms in total. The number of aldehydes is 1. The van der Waals surface area contributed by atoms with Gasteiger partial charge in [0.1, 0.15) is 5.69 Å². The summed E-state index contributed by atoms with van der Waals surface area (Å²) in [5, 5.41) is -0.341. The third kappa shape index (κ3) is 1.80. The van der Waals surface area contributed by atoms with Gasteiger partial charge in [-0.15, -0.1) is 0 Å². The van der Waals surface area contributed by atoms with Gasteiger partial charge in [0.25, 0.3) is 0 Å². The van der Waals surface area contributed by atoms with E-state index in [2.05, 4.69) is 4.99 Å². The minimum atomic E-state index is -0.894. The molecule has 0 bridgehead atoms. The van der Waals surface area contributed by atoms with Gasteiger partial charge in [-0.25, -0.2) is 9.18 Å². The minimum Gasteiger partial charge on any atom is -0.298 e. The van der Waals surface area contributed by atoms with Crippen molar-refractivity contribution >= 4 is 29.7 Å². The number of nitrogens with zero attached hydrogens (tertiary/aromatic N) is 1. The number of halogens is 2. The molecule has 0 spiro atoms. The molecule has 13 heavy (non-hydrogen) atoms. The van der Waals surface area contributed by atoms with Crippen molar-refractivity contribution in [2.24, 2.45) is 4.99 Å². The van der Waals surface area contributed by atoms with Crippen LogP contribution in [-0.4, -0.2) is 12.4 Å². The molecule has 5 heteroatoms. The van der Waals surface area contributed by atoms with E-state index in [9.17, 15) is 14.0 Å². The summed E-state index contributed by atoms with van der Waals surface area (Å²) in [5.74, 6) is -0.894. The summed E-state index contributed by atoms with van der Waals surface area (Å²) in [6.07, 6.45) is 1.59. The van der Waals surface area contributed by atoms with Crippen molar-refractivity contribution < 1.29 is 14.0 Å². The highest BCUT2D eigenvalue weighted by atomic mass is 35.5. The molecule has 1 aromatic carbocycles. The highest BCUT2D eigenvalue weighted by Crippen LogP contribution is 2.26. The molecule has 0 aliphatic rings. The first-order valence-corrected chi connectivity index (χ1v) is 3.59. The van der Waals surface area contributed by atoms with E-state index in [1.807, 2.05) is 0 Å². The van der Waals surface area contributed by atoms with Gasteiger partial charge in [-0.2, -0.15) is 4.99 Å². The molecular weight excluding hydrogens is 197 g/mol. The predicted octanol–water partition coefficient (Wildman–Crippen LogP) is 2.26. The Morgan fingerprint density at radius 2 is 2.23 bits per heavy atom. The Labute approximate surface area is 77.8 Å². The number of carbonyl (C=O) groups is 1. The molecule has 0 heterocycles. The molecule has 0 aliphatic heterocycles. The van der Waals surface area contributed by atoms with E-state index < -0.39 is 5.82 Å². The van der Waals surface area contributed by atoms with Crippen LogP contribution in [-0.2, 0) is 4.79 Å². The first-order chi connectivity index (χ1) is 6.20. The van der Waals surface area contributed by atoms with Gasteiger partial charge in [-0.05, 0) is 12.1 Å². The average Bonchev–Trinajstić information content (AvgIpc) is 2.14. The van der Waals surface area contributed by atoms with Crippen LogP contribution < -0.4 is 0 Å². The maximum atomic E-state index is 13.1. The average molecular weight is 200 g/mol. The third-order valence-corrected chi connectivity index (χ3v) is 1.77. The monoisotopic (exact) mass is 199 g/mol. The summed E-state index contributed by atoms with van der Waals surface area (Å²) >= 11 is 5.44. The van der Waals surface area contributed by atoms with Crippen molar-refractivity contribution in [1.29, 1.82) is 0 Å². The summed E-state index contributed by atoms with van der Waals surface area (Å²) < 4.78 is 13.1. The molecular formula is C8H3ClFNO2. The zero-order chi connectivity index (χ0) is 9.84. The maximum Gasteiger partial charge on any atom is 0.240 e. The Kier molecular flexibility index (Phi) is 2.90. The molecule has 0 amide bonds. The lowest BCUT2D eigenvalue weighted by Crippen LogP contribution is -1.86. The molecule has 0 N–H and O–H groups in total. The SMILES string of the molecule is O=C=Nc1ccc(C=O)c(Cl)c1F. The van der Waals surface area contributed by atoms with Crippen LogP contribution in [0.15, 0.2) is 17.1 Å². The summed E-state index contributed by atoms with van der Waals surface area (Å²) in [5.41, 5.74) is -0.213. The van der Waals surface area contributed by atoms with Gasteiger partial charge in [0, 0.05) is 5.56 Å². The van der Waals surface area contributed by atoms with Crippen molar-refractivity contribution in [3.8, 4) is 0 Å². The van der Waals surface area contributed by atoms with Gasteiger partial charge in [-0.1, -0.05) is 11.6 Å². The van der Waals surface area contributed by atoms with Crippen LogP contribution in [0.5, 0.6) is 0 Å². The first-order valence-electron chi connectivity index (χ1n) is 3.21. The number of hydrogen-bond acceptors (Lipinski definition) is 3. The molecule has 0 saturated heterocycles. The van der Waals surface area contributed by atoms with E-state index in [4.69, 9.17) is 11.6 Å². The normalized spacial score (nSPS) is 9.08. The molecule has 1 aromatic rings. The van der Waals surface area contributed by atoms with Crippen LogP contribution in [0.4, 0.5) is 10.1 Å². The highest BCUT2D eigenvalue weighted by molar-refractivity contribution is 6.33. The Balaban J connectivity index is 3.38. The summed E-state index contributed by atoms with van der Waals surface area (Å²) in [7, 11) is 0. The largest absolute Gasteiger partial charge is 0.298 e. The van der Waals surface area contributed by atoms with Crippen LogP contribution in [0.2, 0.25) is 5.02 Å². The fraction of sp³-hybridized carbons (Fsp3) is 0. The zero-order valence-electron chi connectivity index (χ0n) is 6.25. The van der Waals surface area contributed by atoms with Crippen LogP contribution in [0.3, 0.4) is 0 Å². The van der Waals surface area contributed by atoms with Crippen molar-refractivity contribution in [2.75, 3.05) is 0 Å². The first kappa shape index (κ1) is 9.58. The van der Waals surface area contributed by atoms with Gasteiger partial charge < -0.3 is 0 Å². The van der Waals surface area contributed by atoms with Crippen LogP contribution in [0, 0.1) is 5.82 Å². The van der Waals surface area contributed by atoms with Crippen LogP contribution in [0.25, 0.3) is 0 Å². The standard InChI is InChI=1S/C8H3ClFNO2/c9-7-5(3-12)1-2-6(8(7)10)11-4-13/h1-3H. The van der Waals surface area contributed by atoms with Gasteiger partial charge in [-0.3, -0.25) is 4.79 Å². The Hall–Kier alpha value is -1.51. The van der Waals surface area contributed by atoms with E-state index >= 15 is 0 Å². The van der Waals surface area contributed by atoms with Crippen molar-refractivity contribution in [3.05, 3.63) is 28.5 Å². The minimum absolute atomic E-state index is 0.0176. The summed E-state index contributed by atoms with van der Waals surface area (Å²) in [6, 6.07) is 2.45. The summed E-state index contributed by atoms with van der Waals surface area (Å²) in [6.45, 7) is 0.